The predicted molar refractivity (Wildman–Crippen MR) is 108 cm³/mol. The molecule has 8 heteroatoms. The molecule has 2 amide bonds. The van der Waals surface area contributed by atoms with E-state index in [9.17, 15) is 14.4 Å². The Kier molecular flexibility index (Phi) is 4.99. The summed E-state index contributed by atoms with van der Waals surface area (Å²) in [6.07, 6.45) is 0. The number of benzene rings is 2. The quantitative estimate of drug-likeness (QED) is 0.713. The number of rotatable bonds is 5. The van der Waals surface area contributed by atoms with E-state index in [1.54, 1.807) is 41.3 Å². The van der Waals surface area contributed by atoms with Crippen molar-refractivity contribution in [2.75, 3.05) is 24.6 Å². The van der Waals surface area contributed by atoms with Gasteiger partial charge in [-0.05, 0) is 31.2 Å². The van der Waals surface area contributed by atoms with Crippen LogP contribution in [0.3, 0.4) is 0 Å². The fourth-order valence-electron chi connectivity index (χ4n) is 3.33. The number of hydrogen-bond donors (Lipinski definition) is 1. The maximum Gasteiger partial charge on any atom is 0.265 e. The first kappa shape index (κ1) is 18.7. The molecule has 0 saturated carbocycles. The second-order valence-electron chi connectivity index (χ2n) is 6.67. The average molecular weight is 392 g/mol. The van der Waals surface area contributed by atoms with Crippen molar-refractivity contribution in [1.82, 2.24) is 14.9 Å². The van der Waals surface area contributed by atoms with Crippen molar-refractivity contribution >= 4 is 28.4 Å². The highest BCUT2D eigenvalue weighted by Gasteiger charge is 2.28. The van der Waals surface area contributed by atoms with E-state index in [1.807, 2.05) is 19.1 Å². The van der Waals surface area contributed by atoms with Crippen LogP contribution in [0.4, 0.5) is 5.69 Å². The molecule has 2 heterocycles. The first-order valence-corrected chi connectivity index (χ1v) is 9.34. The molecule has 0 bridgehead atoms. The normalized spacial score (nSPS) is 13.1. The van der Waals surface area contributed by atoms with Crippen molar-refractivity contribution < 1.29 is 14.3 Å². The summed E-state index contributed by atoms with van der Waals surface area (Å²) >= 11 is 0. The number of carbonyl (C=O) groups is 2. The van der Waals surface area contributed by atoms with E-state index in [4.69, 9.17) is 4.74 Å². The van der Waals surface area contributed by atoms with Gasteiger partial charge in [-0.15, -0.1) is 0 Å². The van der Waals surface area contributed by atoms with Crippen LogP contribution in [0.5, 0.6) is 5.75 Å². The van der Waals surface area contributed by atoms with Gasteiger partial charge in [-0.3, -0.25) is 19.3 Å². The zero-order valence-corrected chi connectivity index (χ0v) is 15.9. The molecule has 0 spiro atoms. The third-order valence-electron chi connectivity index (χ3n) is 4.84. The van der Waals surface area contributed by atoms with Crippen LogP contribution in [0.25, 0.3) is 10.9 Å². The Morgan fingerprint density at radius 1 is 1.17 bits per heavy atom. The van der Waals surface area contributed by atoms with Gasteiger partial charge in [0.1, 0.15) is 18.1 Å². The number of carbonyl (C=O) groups excluding carboxylic acids is 2. The monoisotopic (exact) mass is 392 g/mol. The predicted octanol–water partition coefficient (Wildman–Crippen LogP) is 1.70. The number of nitrogens with one attached hydrogen (secondary N) is 1. The van der Waals surface area contributed by atoms with Crippen molar-refractivity contribution in [3.8, 4) is 5.75 Å². The molecular weight excluding hydrogens is 372 g/mol. The van der Waals surface area contributed by atoms with E-state index in [0.29, 0.717) is 34.7 Å². The lowest BCUT2D eigenvalue weighted by Crippen LogP contribution is -2.46. The summed E-state index contributed by atoms with van der Waals surface area (Å²) in [5.74, 6) is 0.458. The molecule has 4 rings (SSSR count). The van der Waals surface area contributed by atoms with Crippen LogP contribution in [-0.4, -0.2) is 46.4 Å². The van der Waals surface area contributed by atoms with Gasteiger partial charge >= 0.3 is 0 Å². The van der Waals surface area contributed by atoms with E-state index >= 15 is 0 Å². The maximum atomic E-state index is 12.9. The lowest BCUT2D eigenvalue weighted by molar-refractivity contribution is -0.132. The number of amides is 2. The summed E-state index contributed by atoms with van der Waals surface area (Å²) in [4.78, 5) is 47.7. The van der Waals surface area contributed by atoms with Crippen molar-refractivity contribution in [3.05, 3.63) is 64.7 Å². The molecular formula is C21H20N4O4. The summed E-state index contributed by atoms with van der Waals surface area (Å²) in [6.45, 7) is 2.19. The molecule has 0 saturated heterocycles. The molecule has 29 heavy (non-hydrogen) atoms. The number of ether oxygens (including phenoxy) is 1. The summed E-state index contributed by atoms with van der Waals surface area (Å²) < 4.78 is 5.42. The highest BCUT2D eigenvalue weighted by Crippen LogP contribution is 2.31. The number of para-hydroxylation sites is 3. The van der Waals surface area contributed by atoms with Gasteiger partial charge in [0.2, 0.25) is 5.91 Å². The molecule has 148 valence electrons. The van der Waals surface area contributed by atoms with Gasteiger partial charge in [-0.25, -0.2) is 4.98 Å². The number of aromatic amines is 1. The first-order valence-electron chi connectivity index (χ1n) is 9.34. The molecule has 0 unspecified atom stereocenters. The number of nitrogens with zero attached hydrogens (tertiary/aromatic N) is 3. The second-order valence-corrected chi connectivity index (χ2v) is 6.67. The van der Waals surface area contributed by atoms with Crippen molar-refractivity contribution in [3.63, 3.8) is 0 Å². The van der Waals surface area contributed by atoms with E-state index in [2.05, 4.69) is 9.97 Å². The van der Waals surface area contributed by atoms with Crippen molar-refractivity contribution in [2.45, 2.75) is 13.5 Å². The van der Waals surface area contributed by atoms with Crippen LogP contribution in [0.1, 0.15) is 12.7 Å². The average Bonchev–Trinajstić information content (AvgIpc) is 2.74. The van der Waals surface area contributed by atoms with Gasteiger partial charge in [0.25, 0.3) is 11.5 Å². The van der Waals surface area contributed by atoms with Gasteiger partial charge in [0, 0.05) is 6.54 Å². The highest BCUT2D eigenvalue weighted by atomic mass is 16.5. The van der Waals surface area contributed by atoms with Crippen LogP contribution in [0, 0.1) is 0 Å². The van der Waals surface area contributed by atoms with Gasteiger partial charge in [-0.1, -0.05) is 24.3 Å². The largest absolute Gasteiger partial charge is 0.482 e. The summed E-state index contributed by atoms with van der Waals surface area (Å²) in [6, 6.07) is 14.2. The first-order chi connectivity index (χ1) is 14.1. The Bertz CT molecular complexity index is 1140. The van der Waals surface area contributed by atoms with Gasteiger partial charge in [-0.2, -0.15) is 0 Å². The second kappa shape index (κ2) is 7.75. The molecule has 0 aliphatic carbocycles. The Balaban J connectivity index is 1.55. The molecule has 0 atom stereocenters. The summed E-state index contributed by atoms with van der Waals surface area (Å²) in [7, 11) is 0. The van der Waals surface area contributed by atoms with E-state index in [-0.39, 0.29) is 37.1 Å². The molecule has 1 aromatic heterocycles. The van der Waals surface area contributed by atoms with Gasteiger partial charge in [0.15, 0.2) is 6.61 Å². The highest BCUT2D eigenvalue weighted by molar-refractivity contribution is 6.02. The fraction of sp³-hybridized carbons (Fsp3) is 0.238. The smallest absolute Gasteiger partial charge is 0.265 e. The Labute approximate surface area is 166 Å². The topological polar surface area (TPSA) is 95.6 Å². The zero-order valence-electron chi connectivity index (χ0n) is 15.9. The maximum absolute atomic E-state index is 12.9. The zero-order chi connectivity index (χ0) is 20.4. The standard InChI is InChI=1S/C21H20N4O4/c1-2-24(11-18-22-15-8-4-3-7-14(15)21(28)23-18)19(26)12-25-16-9-5-6-10-17(16)29-13-20(25)27/h3-10H,2,11-13H2,1H3,(H,22,23,28). The van der Waals surface area contributed by atoms with E-state index in [1.165, 1.54) is 4.90 Å². The SMILES string of the molecule is CCN(Cc1nc2ccccc2c(=O)[nH]1)C(=O)CN1C(=O)COc2ccccc21. The fourth-order valence-corrected chi connectivity index (χ4v) is 3.33. The molecule has 3 aromatic rings. The number of fused-ring (bicyclic) bond motifs is 2. The lowest BCUT2D eigenvalue weighted by atomic mass is 10.2. The minimum Gasteiger partial charge on any atom is -0.482 e. The molecule has 0 fully saturated rings. The summed E-state index contributed by atoms with van der Waals surface area (Å²) in [5.41, 5.74) is 0.906. The van der Waals surface area contributed by atoms with Crippen LogP contribution in [-0.2, 0) is 16.1 Å². The van der Waals surface area contributed by atoms with E-state index in [0.717, 1.165) is 0 Å². The number of likely N-dealkylation sites (N-methyl/N-ethyl adjacent to an activating group) is 1. The van der Waals surface area contributed by atoms with Crippen LogP contribution >= 0.6 is 0 Å². The Morgan fingerprint density at radius 2 is 1.93 bits per heavy atom. The number of aromatic nitrogens is 2. The Hall–Kier alpha value is -3.68. The van der Waals surface area contributed by atoms with Gasteiger partial charge in [0.05, 0.1) is 23.1 Å². The molecule has 1 aliphatic heterocycles. The summed E-state index contributed by atoms with van der Waals surface area (Å²) in [5, 5.41) is 0.501. The third kappa shape index (κ3) is 3.69. The molecule has 1 aliphatic rings. The minimum absolute atomic E-state index is 0.101. The van der Waals surface area contributed by atoms with Crippen LogP contribution < -0.4 is 15.2 Å². The number of hydrogen-bond acceptors (Lipinski definition) is 5. The van der Waals surface area contributed by atoms with Gasteiger partial charge < -0.3 is 14.6 Å². The molecule has 2 aromatic carbocycles. The number of H-pyrrole nitrogens is 1. The molecule has 8 nitrogen and oxygen atoms in total. The Morgan fingerprint density at radius 3 is 2.76 bits per heavy atom. The minimum atomic E-state index is -0.273. The van der Waals surface area contributed by atoms with Crippen LogP contribution in [0.2, 0.25) is 0 Å². The lowest BCUT2D eigenvalue weighted by Gasteiger charge is -2.30. The van der Waals surface area contributed by atoms with E-state index < -0.39 is 0 Å². The third-order valence-corrected chi connectivity index (χ3v) is 4.84. The molecule has 0 radical (unpaired) electrons. The van der Waals surface area contributed by atoms with Crippen molar-refractivity contribution in [2.24, 2.45) is 0 Å². The van der Waals surface area contributed by atoms with Crippen LogP contribution in [0.15, 0.2) is 53.3 Å². The number of anilines is 1. The van der Waals surface area contributed by atoms with Crippen molar-refractivity contribution in [1.29, 1.82) is 0 Å². The molecule has 1 N–H and O–H groups in total.